The Morgan fingerprint density at radius 3 is 2.47 bits per heavy atom. The van der Waals surface area contributed by atoms with Gasteiger partial charge < -0.3 is 4.74 Å². The van der Waals surface area contributed by atoms with E-state index in [0.29, 0.717) is 5.82 Å². The lowest BCUT2D eigenvalue weighted by molar-refractivity contribution is 0.416. The van der Waals surface area contributed by atoms with E-state index in [9.17, 15) is 0 Å². The summed E-state index contributed by atoms with van der Waals surface area (Å²) >= 11 is 0. The van der Waals surface area contributed by atoms with Gasteiger partial charge in [0.25, 0.3) is 0 Å². The topological polar surface area (TPSA) is 52.8 Å². The molecule has 0 saturated heterocycles. The first-order valence-electron chi connectivity index (χ1n) is 5.87. The van der Waals surface area contributed by atoms with E-state index in [1.54, 1.807) is 11.8 Å². The van der Waals surface area contributed by atoms with Crippen LogP contribution in [0, 0.1) is 0 Å². The minimum atomic E-state index is 0.656. The van der Waals surface area contributed by atoms with Gasteiger partial charge in [-0.25, -0.2) is 0 Å². The van der Waals surface area contributed by atoms with Crippen molar-refractivity contribution in [2.45, 2.75) is 0 Å². The number of rotatable bonds is 3. The molecule has 3 rings (SSSR count). The van der Waals surface area contributed by atoms with Gasteiger partial charge in [-0.05, 0) is 34.7 Å². The number of ether oxygens (including phenoxy) is 1. The Morgan fingerprint density at radius 2 is 1.68 bits per heavy atom. The van der Waals surface area contributed by atoms with Gasteiger partial charge in [0.1, 0.15) is 5.75 Å². The van der Waals surface area contributed by atoms with Crippen molar-refractivity contribution in [3.63, 3.8) is 0 Å². The third-order valence-corrected chi connectivity index (χ3v) is 2.82. The lowest BCUT2D eigenvalue weighted by Crippen LogP contribution is -2.00. The van der Waals surface area contributed by atoms with E-state index < -0.39 is 0 Å². The number of aromatic nitrogens is 4. The van der Waals surface area contributed by atoms with Crippen LogP contribution in [0.1, 0.15) is 0 Å². The molecule has 19 heavy (non-hydrogen) atoms. The molecule has 0 N–H and O–H groups in total. The van der Waals surface area contributed by atoms with Crippen LogP contribution in [-0.4, -0.2) is 27.3 Å². The van der Waals surface area contributed by atoms with Crippen LogP contribution in [0.2, 0.25) is 0 Å². The van der Waals surface area contributed by atoms with E-state index in [1.807, 2.05) is 54.6 Å². The van der Waals surface area contributed by atoms with Crippen molar-refractivity contribution < 1.29 is 4.74 Å². The predicted octanol–water partition coefficient (Wildman–Crippen LogP) is 2.34. The summed E-state index contributed by atoms with van der Waals surface area (Å²) in [6.07, 6.45) is 0. The SMILES string of the molecule is COc1ccccc1-c1nnnn1-c1ccccc1. The maximum atomic E-state index is 5.35. The monoisotopic (exact) mass is 252 g/mol. The average Bonchev–Trinajstić information content (AvgIpc) is 2.97. The second-order valence-electron chi connectivity index (χ2n) is 3.95. The number of hydrogen-bond acceptors (Lipinski definition) is 4. The first-order chi connectivity index (χ1) is 9.40. The molecule has 0 aliphatic carbocycles. The normalized spacial score (nSPS) is 10.4. The molecule has 0 aliphatic rings. The van der Waals surface area contributed by atoms with Crippen molar-refractivity contribution in [1.29, 1.82) is 0 Å². The van der Waals surface area contributed by atoms with Gasteiger partial charge in [0.05, 0.1) is 18.4 Å². The predicted molar refractivity (Wildman–Crippen MR) is 71.1 cm³/mol. The molecule has 0 unspecified atom stereocenters. The molecule has 2 aromatic carbocycles. The van der Waals surface area contributed by atoms with Crippen molar-refractivity contribution in [2.75, 3.05) is 7.11 Å². The Bertz CT molecular complexity index is 679. The Kier molecular flexibility index (Phi) is 2.94. The molecule has 1 heterocycles. The van der Waals surface area contributed by atoms with Gasteiger partial charge in [-0.1, -0.05) is 30.3 Å². The van der Waals surface area contributed by atoms with Gasteiger partial charge in [-0.2, -0.15) is 4.68 Å². The number of hydrogen-bond donors (Lipinski definition) is 0. The van der Waals surface area contributed by atoms with E-state index >= 15 is 0 Å². The molecule has 0 fully saturated rings. The fourth-order valence-electron chi connectivity index (χ4n) is 1.93. The second-order valence-corrected chi connectivity index (χ2v) is 3.95. The number of tetrazole rings is 1. The Morgan fingerprint density at radius 1 is 0.947 bits per heavy atom. The van der Waals surface area contributed by atoms with Crippen molar-refractivity contribution in [2.24, 2.45) is 0 Å². The molecule has 5 heteroatoms. The standard InChI is InChI=1S/C14H12N4O/c1-19-13-10-6-5-9-12(13)14-15-16-17-18(14)11-7-3-2-4-8-11/h2-10H,1H3. The van der Waals surface area contributed by atoms with Crippen LogP contribution in [0.25, 0.3) is 17.1 Å². The molecule has 0 aliphatic heterocycles. The first kappa shape index (κ1) is 11.4. The van der Waals surface area contributed by atoms with Gasteiger partial charge >= 0.3 is 0 Å². The van der Waals surface area contributed by atoms with Crippen LogP contribution < -0.4 is 4.74 Å². The molecule has 0 spiro atoms. The highest BCUT2D eigenvalue weighted by Gasteiger charge is 2.14. The minimum Gasteiger partial charge on any atom is -0.496 e. The molecule has 3 aromatic rings. The fraction of sp³-hybridized carbons (Fsp3) is 0.0714. The molecule has 0 atom stereocenters. The summed E-state index contributed by atoms with van der Waals surface area (Å²) in [4.78, 5) is 0. The maximum absolute atomic E-state index is 5.35. The molecule has 0 radical (unpaired) electrons. The summed E-state index contributed by atoms with van der Waals surface area (Å²) in [6.45, 7) is 0. The third-order valence-electron chi connectivity index (χ3n) is 2.82. The highest BCUT2D eigenvalue weighted by Crippen LogP contribution is 2.28. The second kappa shape index (κ2) is 4.89. The molecule has 1 aromatic heterocycles. The zero-order chi connectivity index (χ0) is 13.1. The van der Waals surface area contributed by atoms with Crippen LogP contribution in [0.4, 0.5) is 0 Å². The zero-order valence-electron chi connectivity index (χ0n) is 10.4. The number of benzene rings is 2. The third kappa shape index (κ3) is 2.06. The van der Waals surface area contributed by atoms with Crippen molar-refractivity contribution >= 4 is 0 Å². The number of nitrogens with zero attached hydrogens (tertiary/aromatic N) is 4. The van der Waals surface area contributed by atoms with E-state index in [4.69, 9.17) is 4.74 Å². The van der Waals surface area contributed by atoms with Crippen molar-refractivity contribution in [1.82, 2.24) is 20.2 Å². The van der Waals surface area contributed by atoms with Crippen LogP contribution in [0.15, 0.2) is 54.6 Å². The maximum Gasteiger partial charge on any atom is 0.190 e. The summed E-state index contributed by atoms with van der Waals surface area (Å²) in [7, 11) is 1.63. The van der Waals surface area contributed by atoms with Crippen LogP contribution in [-0.2, 0) is 0 Å². The van der Waals surface area contributed by atoms with Gasteiger partial charge in [-0.3, -0.25) is 0 Å². The summed E-state index contributed by atoms with van der Waals surface area (Å²) in [5.41, 5.74) is 1.77. The van der Waals surface area contributed by atoms with E-state index in [1.165, 1.54) is 0 Å². The molecular formula is C14H12N4O. The van der Waals surface area contributed by atoms with E-state index in [0.717, 1.165) is 17.0 Å². The quantitative estimate of drug-likeness (QED) is 0.718. The molecule has 0 amide bonds. The van der Waals surface area contributed by atoms with Crippen LogP contribution in [0.5, 0.6) is 5.75 Å². The van der Waals surface area contributed by atoms with Gasteiger partial charge in [0.2, 0.25) is 0 Å². The lowest BCUT2D eigenvalue weighted by Gasteiger charge is -2.08. The lowest BCUT2D eigenvalue weighted by atomic mass is 10.2. The number of methoxy groups -OCH3 is 1. The van der Waals surface area contributed by atoms with Crippen molar-refractivity contribution in [3.05, 3.63) is 54.6 Å². The highest BCUT2D eigenvalue weighted by atomic mass is 16.5. The Balaban J connectivity index is 2.15. The molecule has 0 bridgehead atoms. The molecular weight excluding hydrogens is 240 g/mol. The first-order valence-corrected chi connectivity index (χ1v) is 5.87. The molecule has 5 nitrogen and oxygen atoms in total. The Hall–Kier alpha value is -2.69. The molecule has 94 valence electrons. The summed E-state index contributed by atoms with van der Waals surface area (Å²) in [5, 5.41) is 11.9. The molecule has 0 saturated carbocycles. The van der Waals surface area contributed by atoms with E-state index in [-0.39, 0.29) is 0 Å². The highest BCUT2D eigenvalue weighted by molar-refractivity contribution is 5.65. The number of para-hydroxylation sites is 2. The fourth-order valence-corrected chi connectivity index (χ4v) is 1.93. The minimum absolute atomic E-state index is 0.656. The van der Waals surface area contributed by atoms with E-state index in [2.05, 4.69) is 15.5 Å². The smallest absolute Gasteiger partial charge is 0.190 e. The van der Waals surface area contributed by atoms with Crippen molar-refractivity contribution in [3.8, 4) is 22.8 Å². The summed E-state index contributed by atoms with van der Waals surface area (Å²) < 4.78 is 7.04. The van der Waals surface area contributed by atoms with Crippen LogP contribution in [0.3, 0.4) is 0 Å². The van der Waals surface area contributed by atoms with Crippen LogP contribution >= 0.6 is 0 Å². The Labute approximate surface area is 110 Å². The average molecular weight is 252 g/mol. The zero-order valence-corrected chi connectivity index (χ0v) is 10.4. The largest absolute Gasteiger partial charge is 0.496 e. The van der Waals surface area contributed by atoms with Gasteiger partial charge in [0.15, 0.2) is 5.82 Å². The van der Waals surface area contributed by atoms with Gasteiger partial charge in [0, 0.05) is 0 Å². The van der Waals surface area contributed by atoms with Gasteiger partial charge in [-0.15, -0.1) is 5.10 Å². The summed E-state index contributed by atoms with van der Waals surface area (Å²) in [5.74, 6) is 1.40. The summed E-state index contributed by atoms with van der Waals surface area (Å²) in [6, 6.07) is 17.4.